The van der Waals surface area contributed by atoms with Crippen molar-refractivity contribution in [1.29, 1.82) is 0 Å². The van der Waals surface area contributed by atoms with Crippen LogP contribution in [0.3, 0.4) is 0 Å². The molecule has 100 valence electrons. The monoisotopic (exact) mass is 273 g/mol. The second-order valence-electron chi connectivity index (χ2n) is 4.26. The Balaban J connectivity index is 2.92. The highest BCUT2D eigenvalue weighted by molar-refractivity contribution is 6.31. The van der Waals surface area contributed by atoms with Crippen LogP contribution in [-0.2, 0) is 11.3 Å². The molecule has 18 heavy (non-hydrogen) atoms. The van der Waals surface area contributed by atoms with Gasteiger partial charge in [-0.1, -0.05) is 24.6 Å². The maximum absolute atomic E-state index is 13.7. The summed E-state index contributed by atoms with van der Waals surface area (Å²) in [5.41, 5.74) is 0.348. The van der Waals surface area contributed by atoms with Crippen LogP contribution in [0.4, 0.5) is 4.39 Å². The van der Waals surface area contributed by atoms with Crippen LogP contribution in [0.15, 0.2) is 18.2 Å². The molecule has 3 nitrogen and oxygen atoms in total. The van der Waals surface area contributed by atoms with E-state index in [1.807, 2.05) is 13.8 Å². The molecule has 0 heterocycles. The Morgan fingerprint density at radius 2 is 2.22 bits per heavy atom. The normalized spacial score (nSPS) is 12.7. The second kappa shape index (κ2) is 6.71. The van der Waals surface area contributed by atoms with E-state index in [1.165, 1.54) is 12.1 Å². The van der Waals surface area contributed by atoms with E-state index in [4.69, 9.17) is 16.7 Å². The van der Waals surface area contributed by atoms with E-state index < -0.39 is 11.8 Å². The standard InChI is InChI=1S/C13H17ClFNO2/c1-3-9(2)16(8-13(17)18)7-10-11(14)5-4-6-12(10)15/h4-6,9H,3,7-8H2,1-2H3,(H,17,18). The summed E-state index contributed by atoms with van der Waals surface area (Å²) in [6, 6.07) is 4.52. The van der Waals surface area contributed by atoms with E-state index >= 15 is 0 Å². The highest BCUT2D eigenvalue weighted by Crippen LogP contribution is 2.22. The molecular formula is C13H17ClFNO2. The van der Waals surface area contributed by atoms with Gasteiger partial charge in [-0.15, -0.1) is 0 Å². The van der Waals surface area contributed by atoms with E-state index in [0.29, 0.717) is 10.6 Å². The number of rotatable bonds is 6. The maximum Gasteiger partial charge on any atom is 0.317 e. The zero-order valence-corrected chi connectivity index (χ0v) is 11.2. The highest BCUT2D eigenvalue weighted by atomic mass is 35.5. The number of benzene rings is 1. The lowest BCUT2D eigenvalue weighted by molar-refractivity contribution is -0.139. The SMILES string of the molecule is CCC(C)N(CC(=O)O)Cc1c(F)cccc1Cl. The topological polar surface area (TPSA) is 40.5 Å². The summed E-state index contributed by atoms with van der Waals surface area (Å²) >= 11 is 5.94. The molecule has 1 rings (SSSR count). The van der Waals surface area contributed by atoms with Gasteiger partial charge in [-0.3, -0.25) is 9.69 Å². The Labute approximate surface area is 111 Å². The molecular weight excluding hydrogens is 257 g/mol. The maximum atomic E-state index is 13.7. The Hall–Kier alpha value is -1.13. The number of aliphatic carboxylic acids is 1. The minimum atomic E-state index is -0.928. The quantitative estimate of drug-likeness (QED) is 0.865. The number of nitrogens with zero attached hydrogens (tertiary/aromatic N) is 1. The summed E-state index contributed by atoms with van der Waals surface area (Å²) in [7, 11) is 0. The Morgan fingerprint density at radius 1 is 1.56 bits per heavy atom. The molecule has 0 spiro atoms. The van der Waals surface area contributed by atoms with Crippen molar-refractivity contribution in [1.82, 2.24) is 4.90 Å². The number of hydrogen-bond acceptors (Lipinski definition) is 2. The van der Waals surface area contributed by atoms with Gasteiger partial charge in [-0.2, -0.15) is 0 Å². The molecule has 1 aromatic rings. The lowest BCUT2D eigenvalue weighted by Gasteiger charge is -2.27. The zero-order valence-electron chi connectivity index (χ0n) is 10.5. The molecule has 1 unspecified atom stereocenters. The third-order valence-corrected chi connectivity index (χ3v) is 3.33. The van der Waals surface area contributed by atoms with Crippen molar-refractivity contribution in [3.05, 3.63) is 34.6 Å². The van der Waals surface area contributed by atoms with Gasteiger partial charge in [0.1, 0.15) is 5.82 Å². The van der Waals surface area contributed by atoms with E-state index in [2.05, 4.69) is 0 Å². The molecule has 1 aromatic carbocycles. The van der Waals surface area contributed by atoms with E-state index in [9.17, 15) is 9.18 Å². The van der Waals surface area contributed by atoms with E-state index in [-0.39, 0.29) is 19.1 Å². The molecule has 0 saturated carbocycles. The van der Waals surface area contributed by atoms with Crippen molar-refractivity contribution in [2.75, 3.05) is 6.54 Å². The van der Waals surface area contributed by atoms with Crippen molar-refractivity contribution in [3.63, 3.8) is 0 Å². The minimum Gasteiger partial charge on any atom is -0.480 e. The van der Waals surface area contributed by atoms with Crippen LogP contribution in [0.1, 0.15) is 25.8 Å². The largest absolute Gasteiger partial charge is 0.480 e. The molecule has 0 amide bonds. The summed E-state index contributed by atoms with van der Waals surface area (Å²) in [6.07, 6.45) is 0.791. The Kier molecular flexibility index (Phi) is 5.56. The molecule has 0 aliphatic rings. The fourth-order valence-electron chi connectivity index (χ4n) is 1.69. The van der Waals surface area contributed by atoms with Gasteiger partial charge in [0.25, 0.3) is 0 Å². The summed E-state index contributed by atoms with van der Waals surface area (Å²) in [5, 5.41) is 9.20. The van der Waals surface area contributed by atoms with Crippen molar-refractivity contribution in [2.45, 2.75) is 32.9 Å². The van der Waals surface area contributed by atoms with Crippen molar-refractivity contribution >= 4 is 17.6 Å². The molecule has 0 radical (unpaired) electrons. The molecule has 0 bridgehead atoms. The first kappa shape index (κ1) is 14.9. The van der Waals surface area contributed by atoms with Crippen LogP contribution < -0.4 is 0 Å². The fourth-order valence-corrected chi connectivity index (χ4v) is 1.91. The van der Waals surface area contributed by atoms with Crippen molar-refractivity contribution in [3.8, 4) is 0 Å². The number of hydrogen-bond donors (Lipinski definition) is 1. The molecule has 0 saturated heterocycles. The number of carbonyl (C=O) groups is 1. The van der Waals surface area contributed by atoms with E-state index in [1.54, 1.807) is 11.0 Å². The molecule has 0 aliphatic heterocycles. The molecule has 0 aromatic heterocycles. The fraction of sp³-hybridized carbons (Fsp3) is 0.462. The molecule has 5 heteroatoms. The van der Waals surface area contributed by atoms with Gasteiger partial charge >= 0.3 is 5.97 Å². The summed E-state index contributed by atoms with van der Waals surface area (Å²) in [6.45, 7) is 3.95. The second-order valence-corrected chi connectivity index (χ2v) is 4.66. The first-order valence-electron chi connectivity index (χ1n) is 5.84. The Morgan fingerprint density at radius 3 is 2.72 bits per heavy atom. The lowest BCUT2D eigenvalue weighted by atomic mass is 10.1. The van der Waals surface area contributed by atoms with Crippen LogP contribution in [0.2, 0.25) is 5.02 Å². The van der Waals surface area contributed by atoms with Crippen LogP contribution >= 0.6 is 11.6 Å². The van der Waals surface area contributed by atoms with Crippen molar-refractivity contribution < 1.29 is 14.3 Å². The number of halogens is 2. The highest BCUT2D eigenvalue weighted by Gasteiger charge is 2.19. The van der Waals surface area contributed by atoms with Gasteiger partial charge in [-0.25, -0.2) is 4.39 Å². The first-order chi connectivity index (χ1) is 8.45. The van der Waals surface area contributed by atoms with Crippen LogP contribution in [0.5, 0.6) is 0 Å². The van der Waals surface area contributed by atoms with Crippen molar-refractivity contribution in [2.24, 2.45) is 0 Å². The molecule has 0 fully saturated rings. The van der Waals surface area contributed by atoms with Crippen LogP contribution in [-0.4, -0.2) is 28.6 Å². The Bertz CT molecular complexity index is 405. The molecule has 1 N–H and O–H groups in total. The molecule has 1 atom stereocenters. The zero-order chi connectivity index (χ0) is 13.7. The van der Waals surface area contributed by atoms with Crippen LogP contribution in [0.25, 0.3) is 0 Å². The van der Waals surface area contributed by atoms with Crippen LogP contribution in [0, 0.1) is 5.82 Å². The van der Waals surface area contributed by atoms with Gasteiger partial charge in [-0.05, 0) is 25.5 Å². The predicted molar refractivity (Wildman–Crippen MR) is 69.2 cm³/mol. The number of carboxylic acids is 1. The summed E-state index contributed by atoms with van der Waals surface area (Å²) in [5.74, 6) is -1.33. The number of carboxylic acid groups (broad SMARTS) is 1. The first-order valence-corrected chi connectivity index (χ1v) is 6.22. The van der Waals surface area contributed by atoms with E-state index in [0.717, 1.165) is 6.42 Å². The average Bonchev–Trinajstić information content (AvgIpc) is 2.31. The third kappa shape index (κ3) is 3.96. The van der Waals surface area contributed by atoms with Gasteiger partial charge < -0.3 is 5.11 Å². The van der Waals surface area contributed by atoms with Gasteiger partial charge in [0.2, 0.25) is 0 Å². The van der Waals surface area contributed by atoms with Gasteiger partial charge in [0, 0.05) is 23.2 Å². The summed E-state index contributed by atoms with van der Waals surface area (Å²) in [4.78, 5) is 12.5. The minimum absolute atomic E-state index is 0.0526. The lowest BCUT2D eigenvalue weighted by Crippen LogP contribution is -2.36. The molecule has 0 aliphatic carbocycles. The van der Waals surface area contributed by atoms with Gasteiger partial charge in [0.05, 0.1) is 6.54 Å². The van der Waals surface area contributed by atoms with Gasteiger partial charge in [0.15, 0.2) is 0 Å². The average molecular weight is 274 g/mol. The predicted octanol–water partition coefficient (Wildman–Crippen LogP) is 3.16. The summed E-state index contributed by atoms with van der Waals surface area (Å²) < 4.78 is 13.7. The smallest absolute Gasteiger partial charge is 0.317 e. The third-order valence-electron chi connectivity index (χ3n) is 2.98.